The minimum Gasteiger partial charge on any atom is -0.490 e. The molecular weight excluding hydrogens is 397 g/mol. The molecule has 4 rings (SSSR count). The van der Waals surface area contributed by atoms with E-state index in [0.717, 1.165) is 29.0 Å². The van der Waals surface area contributed by atoms with E-state index in [2.05, 4.69) is 15.0 Å². The fourth-order valence-electron chi connectivity index (χ4n) is 3.64. The van der Waals surface area contributed by atoms with Crippen LogP contribution in [0.1, 0.15) is 36.1 Å². The van der Waals surface area contributed by atoms with Gasteiger partial charge in [0.15, 0.2) is 11.5 Å². The van der Waals surface area contributed by atoms with E-state index in [1.165, 1.54) is 12.1 Å². The number of aryl methyl sites for hydroxylation is 1. The van der Waals surface area contributed by atoms with Gasteiger partial charge in [-0.15, -0.1) is 5.10 Å². The van der Waals surface area contributed by atoms with Crippen LogP contribution in [0.2, 0.25) is 0 Å². The average molecular weight is 418 g/mol. The Bertz CT molecular complexity index is 1120. The second-order valence-electron chi connectivity index (χ2n) is 7.39. The molecule has 1 aromatic carbocycles. The standard InChI is InChI=1S/C21H21F3N4O2/c1-12-13(2)21(26-28-18(29)11-17(19(23)24)25-20(12)28)27-9-7-16(8-10-27)30-15-5-3-14(22)4-6-15/h3-6,11,16,19H,7-10H2,1-2H3. The van der Waals surface area contributed by atoms with Crippen molar-refractivity contribution in [1.29, 1.82) is 0 Å². The predicted molar refractivity (Wildman–Crippen MR) is 106 cm³/mol. The summed E-state index contributed by atoms with van der Waals surface area (Å²) in [7, 11) is 0. The summed E-state index contributed by atoms with van der Waals surface area (Å²) in [4.78, 5) is 18.3. The van der Waals surface area contributed by atoms with E-state index >= 15 is 0 Å². The molecule has 2 aromatic heterocycles. The monoisotopic (exact) mass is 418 g/mol. The smallest absolute Gasteiger partial charge is 0.280 e. The predicted octanol–water partition coefficient (Wildman–Crippen LogP) is 3.83. The van der Waals surface area contributed by atoms with E-state index in [4.69, 9.17) is 4.74 Å². The third-order valence-corrected chi connectivity index (χ3v) is 5.43. The van der Waals surface area contributed by atoms with Gasteiger partial charge in [0.1, 0.15) is 23.4 Å². The van der Waals surface area contributed by atoms with E-state index in [1.807, 2.05) is 6.92 Å². The molecule has 0 saturated carbocycles. The number of benzene rings is 1. The van der Waals surface area contributed by atoms with Crippen molar-refractivity contribution in [2.75, 3.05) is 18.0 Å². The molecule has 30 heavy (non-hydrogen) atoms. The third kappa shape index (κ3) is 3.83. The van der Waals surface area contributed by atoms with Gasteiger partial charge in [-0.05, 0) is 38.1 Å². The number of nitrogens with zero attached hydrogens (tertiary/aromatic N) is 4. The number of fused-ring (bicyclic) bond motifs is 1. The number of piperidine rings is 1. The van der Waals surface area contributed by atoms with Gasteiger partial charge >= 0.3 is 0 Å². The molecule has 0 N–H and O–H groups in total. The van der Waals surface area contributed by atoms with Crippen molar-refractivity contribution in [2.24, 2.45) is 0 Å². The van der Waals surface area contributed by atoms with Crippen molar-refractivity contribution in [1.82, 2.24) is 14.6 Å². The largest absolute Gasteiger partial charge is 0.490 e. The third-order valence-electron chi connectivity index (χ3n) is 5.43. The Morgan fingerprint density at radius 1 is 1.10 bits per heavy atom. The Labute approximate surface area is 170 Å². The normalized spacial score (nSPS) is 15.2. The second-order valence-corrected chi connectivity index (χ2v) is 7.39. The minimum absolute atomic E-state index is 0.00781. The van der Waals surface area contributed by atoms with Gasteiger partial charge in [-0.3, -0.25) is 4.79 Å². The van der Waals surface area contributed by atoms with Crippen LogP contribution in [0, 0.1) is 19.7 Å². The molecule has 0 bridgehead atoms. The van der Waals surface area contributed by atoms with E-state index in [0.29, 0.717) is 30.2 Å². The molecule has 9 heteroatoms. The SMILES string of the molecule is Cc1c(N2CCC(Oc3ccc(F)cc3)CC2)nn2c(=O)cc(C(F)F)nc2c1C. The van der Waals surface area contributed by atoms with Crippen molar-refractivity contribution >= 4 is 11.5 Å². The summed E-state index contributed by atoms with van der Waals surface area (Å²) in [5.41, 5.74) is 0.411. The lowest BCUT2D eigenvalue weighted by Crippen LogP contribution is -2.39. The lowest BCUT2D eigenvalue weighted by Gasteiger charge is -2.34. The summed E-state index contributed by atoms with van der Waals surface area (Å²) in [5.74, 6) is 0.947. The Hall–Kier alpha value is -3.10. The minimum atomic E-state index is -2.82. The van der Waals surface area contributed by atoms with Crippen molar-refractivity contribution in [2.45, 2.75) is 39.2 Å². The molecule has 0 amide bonds. The van der Waals surface area contributed by atoms with Crippen LogP contribution in [0.3, 0.4) is 0 Å². The van der Waals surface area contributed by atoms with Crippen LogP contribution in [0.5, 0.6) is 5.75 Å². The highest BCUT2D eigenvalue weighted by Crippen LogP contribution is 2.27. The molecule has 0 radical (unpaired) electrons. The highest BCUT2D eigenvalue weighted by atomic mass is 19.3. The Morgan fingerprint density at radius 2 is 1.77 bits per heavy atom. The van der Waals surface area contributed by atoms with Gasteiger partial charge in [0.05, 0.1) is 0 Å². The van der Waals surface area contributed by atoms with Crippen molar-refractivity contribution < 1.29 is 17.9 Å². The number of alkyl halides is 2. The summed E-state index contributed by atoms with van der Waals surface area (Å²) in [6.07, 6.45) is -1.37. The van der Waals surface area contributed by atoms with Crippen LogP contribution in [0.25, 0.3) is 5.65 Å². The first-order valence-electron chi connectivity index (χ1n) is 9.70. The topological polar surface area (TPSA) is 59.7 Å². The van der Waals surface area contributed by atoms with Crippen LogP contribution in [-0.2, 0) is 0 Å². The Morgan fingerprint density at radius 3 is 2.40 bits per heavy atom. The molecule has 3 aromatic rings. The van der Waals surface area contributed by atoms with E-state index in [-0.39, 0.29) is 17.6 Å². The highest BCUT2D eigenvalue weighted by molar-refractivity contribution is 5.59. The van der Waals surface area contributed by atoms with Gasteiger partial charge in [0, 0.05) is 43.1 Å². The van der Waals surface area contributed by atoms with Gasteiger partial charge in [-0.1, -0.05) is 0 Å². The summed E-state index contributed by atoms with van der Waals surface area (Å²) in [6.45, 7) is 4.91. The van der Waals surface area contributed by atoms with Crippen LogP contribution >= 0.6 is 0 Å². The molecule has 0 unspecified atom stereocenters. The molecule has 158 valence electrons. The van der Waals surface area contributed by atoms with Gasteiger partial charge in [-0.2, -0.15) is 4.52 Å². The number of aromatic nitrogens is 3. The summed E-state index contributed by atoms with van der Waals surface area (Å²) in [6, 6.07) is 6.76. The zero-order chi connectivity index (χ0) is 21.4. The maximum atomic E-state index is 13.0. The van der Waals surface area contributed by atoms with Crippen molar-refractivity contribution in [3.8, 4) is 5.75 Å². The fourth-order valence-corrected chi connectivity index (χ4v) is 3.64. The summed E-state index contributed by atoms with van der Waals surface area (Å²) >= 11 is 0. The molecule has 1 fully saturated rings. The molecule has 1 aliphatic heterocycles. The highest BCUT2D eigenvalue weighted by Gasteiger charge is 2.25. The van der Waals surface area contributed by atoms with Gasteiger partial charge in [-0.25, -0.2) is 18.2 Å². The van der Waals surface area contributed by atoms with E-state index in [9.17, 15) is 18.0 Å². The lowest BCUT2D eigenvalue weighted by atomic mass is 10.1. The maximum absolute atomic E-state index is 13.0. The quantitative estimate of drug-likeness (QED) is 0.645. The van der Waals surface area contributed by atoms with Crippen molar-refractivity contribution in [3.05, 3.63) is 63.3 Å². The average Bonchev–Trinajstić information content (AvgIpc) is 2.73. The molecule has 1 aliphatic rings. The molecule has 6 nitrogen and oxygen atoms in total. The first-order chi connectivity index (χ1) is 14.3. The fraction of sp³-hybridized carbons (Fsp3) is 0.381. The van der Waals surface area contributed by atoms with Gasteiger partial charge in [0.25, 0.3) is 12.0 Å². The Kier molecular flexibility index (Phi) is 5.36. The van der Waals surface area contributed by atoms with E-state index in [1.54, 1.807) is 19.1 Å². The number of hydrogen-bond donors (Lipinski definition) is 0. The Balaban J connectivity index is 1.56. The zero-order valence-electron chi connectivity index (χ0n) is 16.6. The first-order valence-corrected chi connectivity index (χ1v) is 9.70. The zero-order valence-corrected chi connectivity index (χ0v) is 16.6. The first kappa shape index (κ1) is 20.2. The molecular formula is C21H21F3N4O2. The van der Waals surface area contributed by atoms with Gasteiger partial charge < -0.3 is 9.64 Å². The molecule has 0 spiro atoms. The molecule has 0 atom stereocenters. The number of anilines is 1. The summed E-state index contributed by atoms with van der Waals surface area (Å²) in [5, 5.41) is 4.42. The van der Waals surface area contributed by atoms with Crippen LogP contribution in [-0.4, -0.2) is 33.8 Å². The number of halogens is 3. The molecule has 1 saturated heterocycles. The lowest BCUT2D eigenvalue weighted by molar-refractivity contribution is 0.146. The van der Waals surface area contributed by atoms with Gasteiger partial charge in [0.2, 0.25) is 0 Å². The summed E-state index contributed by atoms with van der Waals surface area (Å²) < 4.78 is 46.1. The number of hydrogen-bond acceptors (Lipinski definition) is 5. The second kappa shape index (κ2) is 7.97. The van der Waals surface area contributed by atoms with Crippen LogP contribution in [0.4, 0.5) is 19.0 Å². The molecule has 0 aliphatic carbocycles. The van der Waals surface area contributed by atoms with Crippen LogP contribution in [0.15, 0.2) is 35.1 Å². The number of rotatable bonds is 4. The van der Waals surface area contributed by atoms with E-state index < -0.39 is 17.7 Å². The maximum Gasteiger partial charge on any atom is 0.280 e. The van der Waals surface area contributed by atoms with Crippen LogP contribution < -0.4 is 15.2 Å². The molecule has 3 heterocycles. The van der Waals surface area contributed by atoms with Crippen molar-refractivity contribution in [3.63, 3.8) is 0 Å². The number of ether oxygens (including phenoxy) is 1.